The number of hydrogen-bond donors (Lipinski definition) is 15. The Balaban J connectivity index is 0.958. The van der Waals surface area contributed by atoms with Gasteiger partial charge in [-0.1, -0.05) is 101 Å². The number of nitrogens with two attached hydrogens (primary N) is 1. The van der Waals surface area contributed by atoms with Gasteiger partial charge in [0.25, 0.3) is 18.2 Å². The smallest absolute Gasteiger partial charge is 0.261 e. The monoisotopic (exact) mass is 1430 g/mol. The first-order valence-electron chi connectivity index (χ1n) is 31.3. The van der Waals surface area contributed by atoms with Gasteiger partial charge in [0, 0.05) is 66.2 Å². The van der Waals surface area contributed by atoms with E-state index in [4.69, 9.17) is 19.9 Å². The van der Waals surface area contributed by atoms with E-state index in [1.807, 2.05) is 48.5 Å². The summed E-state index contributed by atoms with van der Waals surface area (Å²) in [4.78, 5) is 115. The van der Waals surface area contributed by atoms with Gasteiger partial charge in [-0.05, 0) is 67.4 Å². The second-order valence-electron chi connectivity index (χ2n) is 23.9. The molecule has 14 atom stereocenters. The van der Waals surface area contributed by atoms with Gasteiger partial charge < -0.3 is 91.9 Å². The lowest BCUT2D eigenvalue weighted by atomic mass is 9.96. The number of aliphatic hydroxyl groups is 7. The molecule has 9 rings (SSSR count). The zero-order chi connectivity index (χ0) is 71.4. The number of aromatic hydroxyl groups is 1. The van der Waals surface area contributed by atoms with Crippen LogP contribution in [0.4, 0.5) is 0 Å². The van der Waals surface area contributed by atoms with Gasteiger partial charge in [-0.3, -0.25) is 38.4 Å². The number of carbonyl (C=O) groups excluding carboxylic acids is 8. The van der Waals surface area contributed by atoms with Gasteiger partial charge in [0.2, 0.25) is 41.4 Å². The Morgan fingerprint density at radius 3 is 1.85 bits per heavy atom. The van der Waals surface area contributed by atoms with Gasteiger partial charge in [0.05, 0.1) is 43.5 Å². The molecular weight excluding hydrogens is 1360 g/mol. The number of phenols is 1. The normalized spacial score (nSPS) is 24.0. The molecule has 36 heteroatoms. The number of nitrogens with zero attached hydrogens (tertiary/aromatic N) is 6. The summed E-state index contributed by atoms with van der Waals surface area (Å²) in [6, 6.07) is 11.8. The summed E-state index contributed by atoms with van der Waals surface area (Å²) in [6.45, 7) is 3.45. The first-order valence-corrected chi connectivity index (χ1v) is 33.6. The number of fused-ring (bicyclic) bond motifs is 2. The van der Waals surface area contributed by atoms with Crippen LogP contribution in [0.15, 0.2) is 91.0 Å². The van der Waals surface area contributed by atoms with E-state index < -0.39 is 183 Å². The van der Waals surface area contributed by atoms with Crippen LogP contribution in [0.2, 0.25) is 0 Å². The number of primary amides is 1. The SMILES string of the molecule is CCCCCOc1ccc(-c2nnc(-c3ccc(-c4nnc(-c5ccc(C(=O)NC6CC(O)CNC(=O)C7C(O)C(C)CN7C(=O)C(C(O)CC(N)=O)NC(=O)C(C(O)C(O)c7ccc(O)c(OSOOO)c7)NC(=O)C7CC(O)CN7C(=O)C(C(C)O)NC6=O)cc5)s4)cc3)s2)cc1. The highest BCUT2D eigenvalue weighted by Gasteiger charge is 2.50. The molecule has 5 heterocycles. The van der Waals surface area contributed by atoms with Gasteiger partial charge in [-0.25, -0.2) is 5.26 Å². The number of carbonyl (C=O) groups is 8. The molecule has 0 spiro atoms. The number of phenolic OH excluding ortho intramolecular Hbond substituents is 1. The Morgan fingerprint density at radius 1 is 0.707 bits per heavy atom. The summed E-state index contributed by atoms with van der Waals surface area (Å²) in [5.74, 6) is -11.2. The maximum absolute atomic E-state index is 14.7. The lowest BCUT2D eigenvalue weighted by Crippen LogP contribution is -2.64. The minimum Gasteiger partial charge on any atom is -0.504 e. The largest absolute Gasteiger partial charge is 0.504 e. The molecule has 3 aliphatic heterocycles. The lowest BCUT2D eigenvalue weighted by molar-refractivity contribution is -0.433. The van der Waals surface area contributed by atoms with E-state index in [1.165, 1.54) is 41.7 Å². The third-order valence-corrected chi connectivity index (χ3v) is 19.1. The summed E-state index contributed by atoms with van der Waals surface area (Å²) < 4.78 is 15.1. The fourth-order valence-electron chi connectivity index (χ4n) is 11.3. The van der Waals surface area contributed by atoms with E-state index in [0.29, 0.717) is 27.2 Å². The highest BCUT2D eigenvalue weighted by Crippen LogP contribution is 2.37. The van der Waals surface area contributed by atoms with Gasteiger partial charge in [0.15, 0.2) is 11.5 Å². The molecule has 3 aliphatic rings. The standard InChI is InChI=1S/C63H74N12O21S3/c1-4-5-6-21-93-39-18-15-35(16-19-39)61-73-72-60(98-61)34-13-11-33(12-14-34)59-71-70-58(97-59)32-9-7-31(8-10-32)53(85)66-40-23-37(77)26-65-57(89)49-50(82)29(2)27-75(49)63(91)47(43(80)25-45(64)81)68-56(88)48(52(84)51(83)36-17-20-42(79)44(22-36)94-99-96-95-92)69-55(87)41-24-38(78)28-74(41)62(90)46(30(3)76)67-54(40)86/h7-20,22,29-30,37-38,40-41,43,46-52,76-80,82-84,92H,4-6,21,23-28H2,1-3H3,(H2,64,81)(H,65,89)(H,66,85)(H,67,86)(H,68,88)(H,69,87). The van der Waals surface area contributed by atoms with Crippen LogP contribution in [-0.4, -0.2) is 223 Å². The van der Waals surface area contributed by atoms with Crippen molar-refractivity contribution in [2.45, 2.75) is 138 Å². The summed E-state index contributed by atoms with van der Waals surface area (Å²) >= 11 is 2.68. The molecule has 0 bridgehead atoms. The van der Waals surface area contributed by atoms with Crippen molar-refractivity contribution in [2.75, 3.05) is 26.2 Å². The van der Waals surface area contributed by atoms with Crippen molar-refractivity contribution >= 4 is 82.3 Å². The molecule has 2 aromatic heterocycles. The molecule has 14 unspecified atom stereocenters. The Hall–Kier alpha value is -8.89. The Bertz CT molecular complexity index is 3830. The molecule has 4 aromatic carbocycles. The highest BCUT2D eigenvalue weighted by atomic mass is 32.2. The molecule has 530 valence electrons. The van der Waals surface area contributed by atoms with Gasteiger partial charge in [-0.2, -0.15) is 0 Å². The van der Waals surface area contributed by atoms with Crippen LogP contribution in [0.25, 0.3) is 42.3 Å². The third-order valence-electron chi connectivity index (χ3n) is 16.7. The Labute approximate surface area is 576 Å². The molecule has 0 radical (unpaired) electrons. The second kappa shape index (κ2) is 33.8. The first kappa shape index (κ1) is 74.3. The number of aromatic nitrogens is 4. The Kier molecular flexibility index (Phi) is 25.4. The average molecular weight is 1430 g/mol. The maximum atomic E-state index is 14.7. The van der Waals surface area contributed by atoms with E-state index in [0.717, 1.165) is 81.6 Å². The molecule has 0 aliphatic carbocycles. The van der Waals surface area contributed by atoms with Crippen LogP contribution < -0.4 is 41.2 Å². The van der Waals surface area contributed by atoms with E-state index >= 15 is 0 Å². The van der Waals surface area contributed by atoms with Crippen LogP contribution >= 0.6 is 35.0 Å². The number of rotatable bonds is 22. The number of benzene rings is 4. The van der Waals surface area contributed by atoms with Crippen molar-refractivity contribution in [1.82, 2.24) is 56.8 Å². The zero-order valence-corrected chi connectivity index (χ0v) is 55.7. The molecule has 16 N–H and O–H groups in total. The summed E-state index contributed by atoms with van der Waals surface area (Å²) in [5, 5.41) is 134. The fraction of sp³-hybridized carbons (Fsp3) is 0.429. The van der Waals surface area contributed by atoms with E-state index in [9.17, 15) is 79.2 Å². The number of amides is 8. The van der Waals surface area contributed by atoms with Crippen molar-refractivity contribution in [2.24, 2.45) is 11.7 Å². The second-order valence-corrected chi connectivity index (χ2v) is 26.3. The van der Waals surface area contributed by atoms with Crippen molar-refractivity contribution in [3.8, 4) is 59.5 Å². The van der Waals surface area contributed by atoms with Crippen molar-refractivity contribution in [3.05, 3.63) is 102 Å². The molecule has 0 saturated carbocycles. The van der Waals surface area contributed by atoms with Gasteiger partial charge in [-0.15, -0.1) is 20.4 Å². The number of aliphatic hydroxyl groups excluding tert-OH is 7. The summed E-state index contributed by atoms with van der Waals surface area (Å²) in [5.41, 5.74) is 8.07. The molecule has 33 nitrogen and oxygen atoms in total. The molecule has 99 heavy (non-hydrogen) atoms. The molecular formula is C63H74N12O21S3. The minimum atomic E-state index is -2.54. The molecule has 3 saturated heterocycles. The number of β-amino-alcohol motifs (C(OH)–C–C–N with tert-alkyl or cyclic N) is 1. The van der Waals surface area contributed by atoms with Crippen LogP contribution in [0, 0.1) is 5.92 Å². The average Bonchev–Trinajstić information content (AvgIpc) is 1.76. The van der Waals surface area contributed by atoms with Crippen molar-refractivity contribution < 1.29 is 103 Å². The quantitative estimate of drug-likeness (QED) is 0.0184. The van der Waals surface area contributed by atoms with Crippen molar-refractivity contribution in [3.63, 3.8) is 0 Å². The fourth-order valence-corrected chi connectivity index (χ4v) is 13.3. The topological polar surface area (TPSA) is 500 Å². The van der Waals surface area contributed by atoms with Gasteiger partial charge >= 0.3 is 0 Å². The molecule has 8 amide bonds. The highest BCUT2D eigenvalue weighted by molar-refractivity contribution is 7.90. The maximum Gasteiger partial charge on any atom is 0.261 e. The van der Waals surface area contributed by atoms with E-state index in [1.54, 1.807) is 12.1 Å². The van der Waals surface area contributed by atoms with Crippen LogP contribution in [-0.2, 0) is 42.9 Å². The number of hydrogen-bond acceptors (Lipinski definition) is 28. The number of ether oxygens (including phenoxy) is 1. The van der Waals surface area contributed by atoms with E-state index in [2.05, 4.69) is 63.3 Å². The van der Waals surface area contributed by atoms with Crippen molar-refractivity contribution in [1.29, 1.82) is 0 Å². The number of nitrogens with one attached hydrogen (secondary N) is 5. The van der Waals surface area contributed by atoms with Crippen LogP contribution in [0.3, 0.4) is 0 Å². The summed E-state index contributed by atoms with van der Waals surface area (Å²) in [6.07, 6.45) is -13.0. The zero-order valence-electron chi connectivity index (χ0n) is 53.2. The lowest BCUT2D eigenvalue weighted by Gasteiger charge is -2.34. The molecule has 6 aromatic rings. The Morgan fingerprint density at radius 2 is 1.27 bits per heavy atom. The molecule has 3 fully saturated rings. The minimum absolute atomic E-state index is 0.0258. The van der Waals surface area contributed by atoms with Crippen LogP contribution in [0.5, 0.6) is 17.2 Å². The number of unbranched alkanes of at least 4 members (excludes halogenated alkanes) is 2. The van der Waals surface area contributed by atoms with E-state index in [-0.39, 0.29) is 23.5 Å². The predicted octanol–water partition coefficient (Wildman–Crippen LogP) is 0.0102. The predicted molar refractivity (Wildman–Crippen MR) is 351 cm³/mol. The van der Waals surface area contributed by atoms with Gasteiger partial charge in [0.1, 0.15) is 74.2 Å². The summed E-state index contributed by atoms with van der Waals surface area (Å²) in [7, 11) is 0. The third kappa shape index (κ3) is 18.3. The first-order chi connectivity index (χ1) is 47.3. The van der Waals surface area contributed by atoms with Crippen LogP contribution in [0.1, 0.15) is 81.3 Å².